The Bertz CT molecular complexity index is 722. The first-order valence-electron chi connectivity index (χ1n) is 8.08. The van der Waals surface area contributed by atoms with Crippen LogP contribution in [0.2, 0.25) is 5.02 Å². The molecule has 0 bridgehead atoms. The highest BCUT2D eigenvalue weighted by Gasteiger charge is 2.19. The Morgan fingerprint density at radius 1 is 1.28 bits per heavy atom. The average Bonchev–Trinajstić information content (AvgIpc) is 2.58. The number of hydrogen-bond acceptors (Lipinski definition) is 3. The number of likely N-dealkylation sites (N-methyl/N-ethyl adjacent to an activating group) is 1. The monoisotopic (exact) mass is 364 g/mol. The summed E-state index contributed by atoms with van der Waals surface area (Å²) in [6.07, 6.45) is 0. The van der Waals surface area contributed by atoms with Crippen molar-refractivity contribution in [1.82, 2.24) is 4.90 Å². The molecular weight excluding hydrogens is 343 g/mol. The van der Waals surface area contributed by atoms with Gasteiger partial charge in [0.25, 0.3) is 0 Å². The van der Waals surface area contributed by atoms with Gasteiger partial charge in [0, 0.05) is 6.54 Å². The molecule has 0 saturated carbocycles. The Kier molecular flexibility index (Phi) is 6.79. The van der Waals surface area contributed by atoms with Crippen molar-refractivity contribution >= 4 is 23.2 Å². The summed E-state index contributed by atoms with van der Waals surface area (Å²) in [7, 11) is 1.87. The summed E-state index contributed by atoms with van der Waals surface area (Å²) in [5.41, 5.74) is 1.47. The lowest BCUT2D eigenvalue weighted by Gasteiger charge is -2.24. The van der Waals surface area contributed by atoms with Gasteiger partial charge in [0.15, 0.2) is 0 Å². The summed E-state index contributed by atoms with van der Waals surface area (Å²) < 4.78 is 18.5. The minimum atomic E-state index is -0.441. The predicted molar refractivity (Wildman–Crippen MR) is 98.6 cm³/mol. The van der Waals surface area contributed by atoms with E-state index in [0.717, 1.165) is 11.3 Å². The second kappa shape index (κ2) is 8.83. The van der Waals surface area contributed by atoms with Gasteiger partial charge >= 0.3 is 0 Å². The number of benzene rings is 2. The van der Waals surface area contributed by atoms with E-state index in [1.807, 2.05) is 43.1 Å². The lowest BCUT2D eigenvalue weighted by Crippen LogP contribution is -2.39. The van der Waals surface area contributed by atoms with Gasteiger partial charge in [-0.05, 0) is 56.8 Å². The van der Waals surface area contributed by atoms with Gasteiger partial charge in [-0.1, -0.05) is 23.7 Å². The van der Waals surface area contributed by atoms with Crippen molar-refractivity contribution in [3.05, 3.63) is 58.9 Å². The molecule has 0 aliphatic rings. The van der Waals surface area contributed by atoms with Crippen LogP contribution < -0.4 is 10.1 Å². The van der Waals surface area contributed by atoms with Crippen LogP contribution in [0.1, 0.15) is 19.4 Å². The van der Waals surface area contributed by atoms with E-state index in [-0.39, 0.29) is 17.0 Å². The minimum absolute atomic E-state index is 0.176. The number of nitrogens with zero attached hydrogens (tertiary/aromatic N) is 1. The maximum Gasteiger partial charge on any atom is 0.241 e. The number of amides is 1. The number of anilines is 1. The molecule has 1 N–H and O–H groups in total. The van der Waals surface area contributed by atoms with Crippen LogP contribution in [0.5, 0.6) is 5.75 Å². The van der Waals surface area contributed by atoms with Gasteiger partial charge < -0.3 is 10.1 Å². The molecule has 2 rings (SSSR count). The highest BCUT2D eigenvalue weighted by atomic mass is 35.5. The number of rotatable bonds is 7. The first-order valence-corrected chi connectivity index (χ1v) is 8.46. The Hall–Kier alpha value is -2.11. The third-order valence-corrected chi connectivity index (χ3v) is 4.21. The van der Waals surface area contributed by atoms with Crippen LogP contribution in [0.4, 0.5) is 10.1 Å². The SMILES string of the molecule is CCOc1ccc(CN(C)[C@@H](C)C(=O)Nc2ccc(F)cc2Cl)cc1. The molecule has 134 valence electrons. The van der Waals surface area contributed by atoms with Crippen LogP contribution in [0, 0.1) is 5.82 Å². The summed E-state index contributed by atoms with van der Waals surface area (Å²) in [5, 5.41) is 2.91. The quantitative estimate of drug-likeness (QED) is 0.794. The van der Waals surface area contributed by atoms with E-state index in [9.17, 15) is 9.18 Å². The zero-order valence-electron chi connectivity index (χ0n) is 14.6. The van der Waals surface area contributed by atoms with Crippen LogP contribution in [-0.4, -0.2) is 30.5 Å². The molecule has 1 atom stereocenters. The fourth-order valence-corrected chi connectivity index (χ4v) is 2.53. The van der Waals surface area contributed by atoms with E-state index >= 15 is 0 Å². The molecule has 0 fully saturated rings. The number of ether oxygens (including phenoxy) is 1. The van der Waals surface area contributed by atoms with Crippen molar-refractivity contribution < 1.29 is 13.9 Å². The largest absolute Gasteiger partial charge is 0.494 e. The maximum absolute atomic E-state index is 13.1. The minimum Gasteiger partial charge on any atom is -0.494 e. The van der Waals surface area contributed by atoms with Gasteiger partial charge in [-0.15, -0.1) is 0 Å². The predicted octanol–water partition coefficient (Wildman–Crippen LogP) is 4.34. The van der Waals surface area contributed by atoms with Crippen LogP contribution in [0.15, 0.2) is 42.5 Å². The fraction of sp³-hybridized carbons (Fsp3) is 0.316. The summed E-state index contributed by atoms with van der Waals surface area (Å²) in [4.78, 5) is 14.3. The summed E-state index contributed by atoms with van der Waals surface area (Å²) in [6.45, 7) is 4.98. The highest BCUT2D eigenvalue weighted by molar-refractivity contribution is 6.33. The summed E-state index contributed by atoms with van der Waals surface area (Å²) in [5.74, 6) is 0.177. The van der Waals surface area contributed by atoms with Gasteiger partial charge in [0.1, 0.15) is 11.6 Å². The van der Waals surface area contributed by atoms with Gasteiger partial charge in [0.05, 0.1) is 23.4 Å². The third kappa shape index (κ3) is 5.44. The molecular formula is C19H22ClFN2O2. The van der Waals surface area contributed by atoms with Gasteiger partial charge in [0.2, 0.25) is 5.91 Å². The maximum atomic E-state index is 13.1. The van der Waals surface area contributed by atoms with Crippen molar-refractivity contribution in [3.8, 4) is 5.75 Å². The van der Waals surface area contributed by atoms with Crippen LogP contribution in [0.3, 0.4) is 0 Å². The van der Waals surface area contributed by atoms with Crippen molar-refractivity contribution in [2.45, 2.75) is 26.4 Å². The smallest absolute Gasteiger partial charge is 0.241 e. The van der Waals surface area contributed by atoms with E-state index in [2.05, 4.69) is 5.32 Å². The van der Waals surface area contributed by atoms with Crippen molar-refractivity contribution in [1.29, 1.82) is 0 Å². The molecule has 2 aromatic carbocycles. The molecule has 1 amide bonds. The molecule has 0 radical (unpaired) electrons. The molecule has 0 aromatic heterocycles. The normalized spacial score (nSPS) is 12.1. The number of nitrogens with one attached hydrogen (secondary N) is 1. The van der Waals surface area contributed by atoms with Gasteiger partial charge in [-0.3, -0.25) is 9.69 Å². The number of carbonyl (C=O) groups excluding carboxylic acids is 1. The Balaban J connectivity index is 1.96. The number of carbonyl (C=O) groups is 1. The lowest BCUT2D eigenvalue weighted by molar-refractivity contribution is -0.120. The number of halogens is 2. The van der Waals surface area contributed by atoms with Gasteiger partial charge in [-0.25, -0.2) is 4.39 Å². The highest BCUT2D eigenvalue weighted by Crippen LogP contribution is 2.23. The summed E-state index contributed by atoms with van der Waals surface area (Å²) >= 11 is 5.95. The summed E-state index contributed by atoms with van der Waals surface area (Å²) in [6, 6.07) is 11.3. The van der Waals surface area contributed by atoms with Crippen molar-refractivity contribution in [3.63, 3.8) is 0 Å². The number of hydrogen-bond donors (Lipinski definition) is 1. The second-order valence-electron chi connectivity index (χ2n) is 5.78. The van der Waals surface area contributed by atoms with Crippen LogP contribution >= 0.6 is 11.6 Å². The first kappa shape index (κ1) is 19.2. The molecule has 0 aliphatic heterocycles. The van der Waals surface area contributed by atoms with E-state index in [4.69, 9.17) is 16.3 Å². The first-order chi connectivity index (χ1) is 11.9. The standard InChI is InChI=1S/C19H22ClFN2O2/c1-4-25-16-8-5-14(6-9-16)12-23(3)13(2)19(24)22-18-10-7-15(21)11-17(18)20/h5-11,13H,4,12H2,1-3H3,(H,22,24)/t13-/m0/s1. The third-order valence-electron chi connectivity index (χ3n) is 3.90. The molecule has 0 unspecified atom stereocenters. The topological polar surface area (TPSA) is 41.6 Å². The molecule has 6 heteroatoms. The Morgan fingerprint density at radius 3 is 2.56 bits per heavy atom. The van der Waals surface area contributed by atoms with Crippen molar-refractivity contribution in [2.75, 3.05) is 19.0 Å². The van der Waals surface area contributed by atoms with E-state index in [0.29, 0.717) is 18.8 Å². The molecule has 0 heterocycles. The fourth-order valence-electron chi connectivity index (χ4n) is 2.31. The molecule has 0 saturated heterocycles. The van der Waals surface area contributed by atoms with Crippen LogP contribution in [0.25, 0.3) is 0 Å². The molecule has 25 heavy (non-hydrogen) atoms. The molecule has 2 aromatic rings. The molecule has 0 spiro atoms. The van der Waals surface area contributed by atoms with E-state index < -0.39 is 5.82 Å². The van der Waals surface area contributed by atoms with Crippen molar-refractivity contribution in [2.24, 2.45) is 0 Å². The van der Waals surface area contributed by atoms with E-state index in [1.165, 1.54) is 18.2 Å². The zero-order chi connectivity index (χ0) is 18.4. The second-order valence-corrected chi connectivity index (χ2v) is 6.19. The Labute approximate surface area is 152 Å². The molecule has 4 nitrogen and oxygen atoms in total. The average molecular weight is 365 g/mol. The lowest BCUT2D eigenvalue weighted by atomic mass is 10.1. The van der Waals surface area contributed by atoms with Crippen LogP contribution in [-0.2, 0) is 11.3 Å². The van der Waals surface area contributed by atoms with E-state index in [1.54, 1.807) is 6.92 Å². The molecule has 0 aliphatic carbocycles. The van der Waals surface area contributed by atoms with Gasteiger partial charge in [-0.2, -0.15) is 0 Å². The zero-order valence-corrected chi connectivity index (χ0v) is 15.3. The Morgan fingerprint density at radius 2 is 1.96 bits per heavy atom.